The fourth-order valence-electron chi connectivity index (χ4n) is 2.03. The molecule has 0 amide bonds. The fourth-order valence-corrected chi connectivity index (χ4v) is 2.89. The lowest BCUT2D eigenvalue weighted by atomic mass is 10.0. The van der Waals surface area contributed by atoms with Crippen molar-refractivity contribution >= 4 is 23.0 Å². The zero-order chi connectivity index (χ0) is 13.8. The van der Waals surface area contributed by atoms with Gasteiger partial charge in [0.2, 0.25) is 0 Å². The van der Waals surface area contributed by atoms with Gasteiger partial charge in [0, 0.05) is 19.2 Å². The molecule has 0 radical (unpaired) electrons. The highest BCUT2D eigenvalue weighted by Crippen LogP contribution is 2.28. The van der Waals surface area contributed by atoms with Gasteiger partial charge in [-0.3, -0.25) is 0 Å². The van der Waals surface area contributed by atoms with Crippen molar-refractivity contribution in [2.24, 2.45) is 0 Å². The van der Waals surface area contributed by atoms with Gasteiger partial charge >= 0.3 is 0 Å². The van der Waals surface area contributed by atoms with Crippen LogP contribution in [0, 0.1) is 6.92 Å². The van der Waals surface area contributed by atoms with Crippen molar-refractivity contribution in [2.75, 3.05) is 17.7 Å². The van der Waals surface area contributed by atoms with Crippen LogP contribution in [0.4, 0.5) is 11.6 Å². The van der Waals surface area contributed by atoms with Crippen LogP contribution < -0.4 is 10.6 Å². The smallest absolute Gasteiger partial charge is 0.135 e. The Hall–Kier alpha value is -1.62. The van der Waals surface area contributed by atoms with Crippen LogP contribution in [0.15, 0.2) is 17.1 Å². The van der Waals surface area contributed by atoms with Crippen LogP contribution >= 0.6 is 11.3 Å². The van der Waals surface area contributed by atoms with E-state index in [1.165, 1.54) is 11.1 Å². The van der Waals surface area contributed by atoms with E-state index in [9.17, 15) is 0 Å². The predicted molar refractivity (Wildman–Crippen MR) is 82.1 cm³/mol. The summed E-state index contributed by atoms with van der Waals surface area (Å²) < 4.78 is 0. The molecule has 0 aliphatic heterocycles. The van der Waals surface area contributed by atoms with Gasteiger partial charge in [0.25, 0.3) is 0 Å². The predicted octanol–water partition coefficient (Wildman–Crippen LogP) is 3.62. The second-order valence-corrected chi connectivity index (χ2v) is 5.57. The molecule has 2 N–H and O–H groups in total. The maximum Gasteiger partial charge on any atom is 0.135 e. The molecule has 0 aromatic carbocycles. The molecule has 5 heteroatoms. The van der Waals surface area contributed by atoms with E-state index in [-0.39, 0.29) is 0 Å². The maximum absolute atomic E-state index is 4.38. The molecule has 0 saturated carbocycles. The fraction of sp³-hybridized carbons (Fsp3) is 0.429. The number of hydrogen-bond donors (Lipinski definition) is 2. The Morgan fingerprint density at radius 2 is 1.95 bits per heavy atom. The largest absolute Gasteiger partial charge is 0.373 e. The van der Waals surface area contributed by atoms with E-state index >= 15 is 0 Å². The van der Waals surface area contributed by atoms with Gasteiger partial charge in [0.1, 0.15) is 18.0 Å². The van der Waals surface area contributed by atoms with Crippen LogP contribution in [0.1, 0.15) is 36.5 Å². The van der Waals surface area contributed by atoms with E-state index in [4.69, 9.17) is 0 Å². The number of nitrogens with zero attached hydrogens (tertiary/aromatic N) is 2. The summed E-state index contributed by atoms with van der Waals surface area (Å²) in [6, 6.07) is 0. The van der Waals surface area contributed by atoms with Crippen LogP contribution in [0.25, 0.3) is 0 Å². The molecule has 0 spiro atoms. The van der Waals surface area contributed by atoms with Gasteiger partial charge in [-0.1, -0.05) is 13.8 Å². The summed E-state index contributed by atoms with van der Waals surface area (Å²) in [6.07, 6.45) is 1.60. The van der Waals surface area contributed by atoms with E-state index < -0.39 is 0 Å². The molecule has 0 atom stereocenters. The van der Waals surface area contributed by atoms with Crippen molar-refractivity contribution in [1.29, 1.82) is 0 Å². The average Bonchev–Trinajstić information content (AvgIpc) is 2.81. The molecule has 0 fully saturated rings. The number of rotatable bonds is 5. The van der Waals surface area contributed by atoms with Crippen molar-refractivity contribution in [3.8, 4) is 0 Å². The third-order valence-electron chi connectivity index (χ3n) is 3.11. The first kappa shape index (κ1) is 13.8. The third-order valence-corrected chi connectivity index (χ3v) is 4.02. The molecule has 102 valence electrons. The molecule has 0 aliphatic rings. The van der Waals surface area contributed by atoms with Crippen LogP contribution in [-0.2, 0) is 6.54 Å². The zero-order valence-electron chi connectivity index (χ0n) is 11.8. The number of aryl methyl sites for hydroxylation is 1. The number of thiophene rings is 1. The van der Waals surface area contributed by atoms with Crippen molar-refractivity contribution in [3.63, 3.8) is 0 Å². The highest BCUT2D eigenvalue weighted by atomic mass is 32.1. The first-order valence-electron chi connectivity index (χ1n) is 6.41. The minimum atomic E-state index is 0.370. The quantitative estimate of drug-likeness (QED) is 0.875. The molecule has 4 nitrogen and oxygen atoms in total. The standard InChI is InChI=1S/C14H20N4S/c1-9(2)12-13(15-4)17-8-18-14(12)16-5-11-7-19-6-10(11)3/h6-9H,5H2,1-4H3,(H2,15,16,17,18). The number of hydrogen-bond acceptors (Lipinski definition) is 5. The summed E-state index contributed by atoms with van der Waals surface area (Å²) in [5.74, 6) is 2.18. The van der Waals surface area contributed by atoms with Gasteiger partial charge < -0.3 is 10.6 Å². The Balaban J connectivity index is 2.22. The Bertz CT molecular complexity index is 548. The summed E-state index contributed by atoms with van der Waals surface area (Å²) in [7, 11) is 1.89. The molecule has 2 rings (SSSR count). The molecular formula is C14H20N4S. The maximum atomic E-state index is 4.38. The lowest BCUT2D eigenvalue weighted by Gasteiger charge is -2.16. The topological polar surface area (TPSA) is 49.8 Å². The summed E-state index contributed by atoms with van der Waals surface area (Å²) in [5, 5.41) is 10.9. The van der Waals surface area contributed by atoms with Crippen molar-refractivity contribution in [1.82, 2.24) is 9.97 Å². The second-order valence-electron chi connectivity index (χ2n) is 4.82. The Kier molecular flexibility index (Phi) is 4.37. The number of anilines is 2. The summed E-state index contributed by atoms with van der Waals surface area (Å²) in [4.78, 5) is 8.66. The SMILES string of the molecule is CNc1ncnc(NCc2cscc2C)c1C(C)C. The van der Waals surface area contributed by atoms with E-state index in [2.05, 4.69) is 52.1 Å². The van der Waals surface area contributed by atoms with E-state index in [1.807, 2.05) is 7.05 Å². The molecule has 0 bridgehead atoms. The van der Waals surface area contributed by atoms with Crippen molar-refractivity contribution in [3.05, 3.63) is 33.8 Å². The van der Waals surface area contributed by atoms with Crippen LogP contribution in [0.3, 0.4) is 0 Å². The van der Waals surface area contributed by atoms with Gasteiger partial charge in [-0.05, 0) is 34.7 Å². The van der Waals surface area contributed by atoms with Crippen LogP contribution in [-0.4, -0.2) is 17.0 Å². The van der Waals surface area contributed by atoms with Crippen molar-refractivity contribution in [2.45, 2.75) is 33.2 Å². The Labute approximate surface area is 118 Å². The first-order chi connectivity index (χ1) is 9.13. The van der Waals surface area contributed by atoms with Crippen LogP contribution in [0.5, 0.6) is 0 Å². The monoisotopic (exact) mass is 276 g/mol. The van der Waals surface area contributed by atoms with Crippen molar-refractivity contribution < 1.29 is 0 Å². The lowest BCUT2D eigenvalue weighted by Crippen LogP contribution is -2.09. The molecule has 2 aromatic heterocycles. The average molecular weight is 276 g/mol. The molecular weight excluding hydrogens is 256 g/mol. The van der Waals surface area contributed by atoms with Gasteiger partial charge in [-0.15, -0.1) is 0 Å². The van der Waals surface area contributed by atoms with E-state index in [0.717, 1.165) is 23.7 Å². The highest BCUT2D eigenvalue weighted by Gasteiger charge is 2.14. The molecule has 0 unspecified atom stereocenters. The van der Waals surface area contributed by atoms with Gasteiger partial charge in [0.05, 0.1) is 0 Å². The lowest BCUT2D eigenvalue weighted by molar-refractivity contribution is 0.846. The molecule has 0 saturated heterocycles. The van der Waals surface area contributed by atoms with Gasteiger partial charge in [-0.2, -0.15) is 11.3 Å². The minimum absolute atomic E-state index is 0.370. The zero-order valence-corrected chi connectivity index (χ0v) is 12.6. The summed E-state index contributed by atoms with van der Waals surface area (Å²) >= 11 is 1.73. The van der Waals surface area contributed by atoms with E-state index in [0.29, 0.717) is 5.92 Å². The first-order valence-corrected chi connectivity index (χ1v) is 7.36. The number of nitrogens with one attached hydrogen (secondary N) is 2. The summed E-state index contributed by atoms with van der Waals surface area (Å²) in [5.41, 5.74) is 3.79. The summed E-state index contributed by atoms with van der Waals surface area (Å²) in [6.45, 7) is 7.24. The molecule has 2 aromatic rings. The minimum Gasteiger partial charge on any atom is -0.373 e. The van der Waals surface area contributed by atoms with Crippen LogP contribution in [0.2, 0.25) is 0 Å². The van der Waals surface area contributed by atoms with E-state index in [1.54, 1.807) is 17.7 Å². The molecule has 19 heavy (non-hydrogen) atoms. The Morgan fingerprint density at radius 3 is 2.53 bits per heavy atom. The Morgan fingerprint density at radius 1 is 1.21 bits per heavy atom. The van der Waals surface area contributed by atoms with Gasteiger partial charge in [0.15, 0.2) is 0 Å². The van der Waals surface area contributed by atoms with Gasteiger partial charge in [-0.25, -0.2) is 9.97 Å². The second kappa shape index (κ2) is 6.02. The third kappa shape index (κ3) is 3.04. The molecule has 2 heterocycles. The number of aromatic nitrogens is 2. The highest BCUT2D eigenvalue weighted by molar-refractivity contribution is 7.08. The molecule has 0 aliphatic carbocycles. The normalized spacial score (nSPS) is 10.8.